The molecule has 0 N–H and O–H groups in total. The van der Waals surface area contributed by atoms with Crippen molar-refractivity contribution in [3.05, 3.63) is 0 Å². The van der Waals surface area contributed by atoms with E-state index in [1.54, 1.807) is 0 Å². The predicted molar refractivity (Wildman–Crippen MR) is 70.3 cm³/mol. The fraction of sp³-hybridized carbons (Fsp3) is 0.923. The van der Waals surface area contributed by atoms with Crippen LogP contribution in [0.2, 0.25) is 0 Å². The molecule has 0 bridgehead atoms. The number of carbonyl (C=O) groups excluding carboxylic acids is 1. The molecule has 100 valence electrons. The molecule has 1 amide bonds. The van der Waals surface area contributed by atoms with E-state index in [0.717, 1.165) is 39.1 Å². The Balaban J connectivity index is 2.42. The van der Waals surface area contributed by atoms with Crippen molar-refractivity contribution >= 4 is 17.5 Å². The van der Waals surface area contributed by atoms with Crippen LogP contribution in [-0.2, 0) is 9.53 Å². The lowest BCUT2D eigenvalue weighted by Crippen LogP contribution is -2.46. The van der Waals surface area contributed by atoms with E-state index in [1.807, 2.05) is 18.7 Å². The predicted octanol–water partition coefficient (Wildman–Crippen LogP) is 2.67. The number of piperidine rings is 1. The molecular formula is C13H24ClNO2. The molecule has 0 aromatic carbocycles. The minimum atomic E-state index is -0.355. The van der Waals surface area contributed by atoms with Crippen molar-refractivity contribution in [2.75, 3.05) is 26.3 Å². The van der Waals surface area contributed by atoms with Gasteiger partial charge in [0.2, 0.25) is 5.91 Å². The summed E-state index contributed by atoms with van der Waals surface area (Å²) in [6, 6.07) is 0. The van der Waals surface area contributed by atoms with E-state index in [1.165, 1.54) is 0 Å². The van der Waals surface area contributed by atoms with Crippen molar-refractivity contribution in [1.82, 2.24) is 4.90 Å². The van der Waals surface area contributed by atoms with Crippen molar-refractivity contribution in [3.8, 4) is 0 Å². The zero-order valence-corrected chi connectivity index (χ0v) is 11.9. The number of alkyl halides is 1. The molecule has 1 fully saturated rings. The molecule has 1 atom stereocenters. The number of carbonyl (C=O) groups is 1. The highest BCUT2D eigenvalue weighted by atomic mass is 35.5. The van der Waals surface area contributed by atoms with Gasteiger partial charge in [-0.05, 0) is 31.6 Å². The van der Waals surface area contributed by atoms with Crippen LogP contribution in [-0.4, -0.2) is 42.5 Å². The van der Waals surface area contributed by atoms with E-state index < -0.39 is 0 Å². The molecular weight excluding hydrogens is 238 g/mol. The third-order valence-electron chi connectivity index (χ3n) is 3.56. The van der Waals surface area contributed by atoms with Gasteiger partial charge in [0, 0.05) is 19.7 Å². The third kappa shape index (κ3) is 4.14. The Morgan fingerprint density at radius 3 is 2.47 bits per heavy atom. The van der Waals surface area contributed by atoms with Gasteiger partial charge in [-0.2, -0.15) is 0 Å². The van der Waals surface area contributed by atoms with Gasteiger partial charge in [-0.15, -0.1) is 11.6 Å². The largest absolute Gasteiger partial charge is 0.381 e. The summed E-state index contributed by atoms with van der Waals surface area (Å²) in [6.45, 7) is 9.38. The van der Waals surface area contributed by atoms with E-state index in [9.17, 15) is 4.79 Å². The normalized spacial score (nSPS) is 21.3. The van der Waals surface area contributed by atoms with Crippen LogP contribution in [0.15, 0.2) is 0 Å². The number of hydrogen-bond donors (Lipinski definition) is 0. The summed E-state index contributed by atoms with van der Waals surface area (Å²) in [4.78, 5) is 13.8. The molecule has 1 aliphatic heterocycles. The molecule has 1 heterocycles. The number of hydrogen-bond acceptors (Lipinski definition) is 2. The van der Waals surface area contributed by atoms with Crippen LogP contribution in [0.1, 0.15) is 40.0 Å². The molecule has 0 aromatic rings. The maximum absolute atomic E-state index is 11.9. The summed E-state index contributed by atoms with van der Waals surface area (Å²) >= 11 is 5.99. The number of rotatable bonds is 5. The van der Waals surface area contributed by atoms with Gasteiger partial charge in [-0.25, -0.2) is 0 Å². The second-order valence-electron chi connectivity index (χ2n) is 5.15. The first kappa shape index (κ1) is 14.8. The van der Waals surface area contributed by atoms with E-state index in [4.69, 9.17) is 16.3 Å². The van der Waals surface area contributed by atoms with Gasteiger partial charge in [0.25, 0.3) is 0 Å². The van der Waals surface area contributed by atoms with Crippen LogP contribution >= 0.6 is 11.6 Å². The van der Waals surface area contributed by atoms with Crippen molar-refractivity contribution in [2.24, 2.45) is 5.41 Å². The monoisotopic (exact) mass is 261 g/mol. The minimum Gasteiger partial charge on any atom is -0.381 e. The van der Waals surface area contributed by atoms with Gasteiger partial charge in [0.1, 0.15) is 5.38 Å². The number of nitrogens with zero attached hydrogens (tertiary/aromatic N) is 1. The van der Waals surface area contributed by atoms with Crippen LogP contribution in [0.3, 0.4) is 0 Å². The highest BCUT2D eigenvalue weighted by Gasteiger charge is 2.33. The highest BCUT2D eigenvalue weighted by Crippen LogP contribution is 2.31. The molecule has 0 saturated carbocycles. The average molecular weight is 262 g/mol. The van der Waals surface area contributed by atoms with E-state index >= 15 is 0 Å². The van der Waals surface area contributed by atoms with Crippen molar-refractivity contribution in [2.45, 2.75) is 45.4 Å². The first-order valence-electron chi connectivity index (χ1n) is 6.53. The van der Waals surface area contributed by atoms with Gasteiger partial charge in [0.05, 0.1) is 6.61 Å². The van der Waals surface area contributed by atoms with Crippen molar-refractivity contribution < 1.29 is 9.53 Å². The fourth-order valence-electron chi connectivity index (χ4n) is 2.13. The number of ether oxygens (including phenoxy) is 1. The smallest absolute Gasteiger partial charge is 0.240 e. The molecule has 4 heteroatoms. The second-order valence-corrected chi connectivity index (χ2v) is 5.68. The molecule has 0 unspecified atom stereocenters. The number of halogens is 1. The Bertz CT molecular complexity index is 250. The first-order chi connectivity index (χ1) is 8.02. The molecule has 0 radical (unpaired) electrons. The molecule has 17 heavy (non-hydrogen) atoms. The van der Waals surface area contributed by atoms with E-state index in [0.29, 0.717) is 6.42 Å². The van der Waals surface area contributed by atoms with Crippen molar-refractivity contribution in [1.29, 1.82) is 0 Å². The molecule has 1 aliphatic rings. The maximum Gasteiger partial charge on any atom is 0.240 e. The number of likely N-dealkylation sites (tertiary alicyclic amines) is 1. The highest BCUT2D eigenvalue weighted by molar-refractivity contribution is 6.30. The Labute approximate surface area is 109 Å². The first-order valence-corrected chi connectivity index (χ1v) is 6.96. The zero-order chi connectivity index (χ0) is 12.9. The van der Waals surface area contributed by atoms with Crippen LogP contribution in [0.25, 0.3) is 0 Å². The van der Waals surface area contributed by atoms with Gasteiger partial charge in [-0.3, -0.25) is 4.79 Å². The summed E-state index contributed by atoms with van der Waals surface area (Å²) in [5.41, 5.74) is 0.223. The van der Waals surface area contributed by atoms with Gasteiger partial charge in [0.15, 0.2) is 0 Å². The SMILES string of the molecule is CCOCC1(C)CCN(C(=O)[C@@H](Cl)CC)CC1. The summed E-state index contributed by atoms with van der Waals surface area (Å²) in [5.74, 6) is 0.0904. The molecule has 1 saturated heterocycles. The van der Waals surface area contributed by atoms with Crippen LogP contribution in [0, 0.1) is 5.41 Å². The summed E-state index contributed by atoms with van der Waals surface area (Å²) < 4.78 is 5.51. The average Bonchev–Trinajstić information content (AvgIpc) is 2.35. The summed E-state index contributed by atoms with van der Waals surface area (Å²) in [7, 11) is 0. The summed E-state index contributed by atoms with van der Waals surface area (Å²) in [5, 5.41) is -0.355. The molecule has 1 rings (SSSR count). The zero-order valence-electron chi connectivity index (χ0n) is 11.2. The Morgan fingerprint density at radius 2 is 2.00 bits per heavy atom. The maximum atomic E-state index is 11.9. The minimum absolute atomic E-state index is 0.0904. The lowest BCUT2D eigenvalue weighted by molar-refractivity contribution is -0.133. The molecule has 3 nitrogen and oxygen atoms in total. The lowest BCUT2D eigenvalue weighted by atomic mass is 9.81. The molecule has 0 aromatic heterocycles. The van der Waals surface area contributed by atoms with Crippen LogP contribution in [0.5, 0.6) is 0 Å². The fourth-order valence-corrected chi connectivity index (χ4v) is 2.27. The van der Waals surface area contributed by atoms with Crippen LogP contribution < -0.4 is 0 Å². The van der Waals surface area contributed by atoms with E-state index in [-0.39, 0.29) is 16.7 Å². The third-order valence-corrected chi connectivity index (χ3v) is 4.06. The standard InChI is InChI=1S/C13H24ClNO2/c1-4-11(14)12(16)15-8-6-13(3,7-9-15)10-17-5-2/h11H,4-10H2,1-3H3/t11-/m0/s1. The quantitative estimate of drug-likeness (QED) is 0.712. The molecule has 0 aliphatic carbocycles. The summed E-state index contributed by atoms with van der Waals surface area (Å²) in [6.07, 6.45) is 2.71. The van der Waals surface area contributed by atoms with Crippen molar-refractivity contribution in [3.63, 3.8) is 0 Å². The Hall–Kier alpha value is -0.280. The van der Waals surface area contributed by atoms with Gasteiger partial charge < -0.3 is 9.64 Å². The van der Waals surface area contributed by atoms with Crippen LogP contribution in [0.4, 0.5) is 0 Å². The molecule has 0 spiro atoms. The van der Waals surface area contributed by atoms with E-state index in [2.05, 4.69) is 6.92 Å². The van der Waals surface area contributed by atoms with Gasteiger partial charge >= 0.3 is 0 Å². The lowest BCUT2D eigenvalue weighted by Gasteiger charge is -2.39. The second kappa shape index (κ2) is 6.60. The number of amides is 1. The Morgan fingerprint density at radius 1 is 1.41 bits per heavy atom. The van der Waals surface area contributed by atoms with Gasteiger partial charge in [-0.1, -0.05) is 13.8 Å². The Kier molecular flexibility index (Phi) is 5.74. The topological polar surface area (TPSA) is 29.5 Å².